The first-order valence-corrected chi connectivity index (χ1v) is 9.50. The predicted octanol–water partition coefficient (Wildman–Crippen LogP) is 3.45. The molecular formula is C19H26FN3OS. The average Bonchev–Trinajstić information content (AvgIpc) is 2.65. The lowest BCUT2D eigenvalue weighted by Crippen LogP contribution is -2.26. The smallest absolute Gasteiger partial charge is 0.174 e. The van der Waals surface area contributed by atoms with Crippen molar-refractivity contribution >= 4 is 17.0 Å². The summed E-state index contributed by atoms with van der Waals surface area (Å²) >= 11 is -1.20. The van der Waals surface area contributed by atoms with E-state index in [1.807, 2.05) is 30.3 Å². The summed E-state index contributed by atoms with van der Waals surface area (Å²) in [5, 5.41) is 6.35. The SMILES string of the molecule is CNC(/C=C(\Nc1ccc([S+]([O-])NC)cc1)C1=CC=C(C)CC1)CF. The van der Waals surface area contributed by atoms with Gasteiger partial charge in [0.15, 0.2) is 4.90 Å². The van der Waals surface area contributed by atoms with Crippen molar-refractivity contribution in [3.05, 3.63) is 59.3 Å². The molecule has 1 aromatic carbocycles. The molecule has 0 saturated heterocycles. The van der Waals surface area contributed by atoms with E-state index >= 15 is 0 Å². The Bertz CT molecular complexity index is 651. The molecule has 2 atom stereocenters. The molecule has 0 saturated carbocycles. The molecule has 0 aliphatic heterocycles. The number of halogens is 1. The number of nitrogens with one attached hydrogen (secondary N) is 3. The summed E-state index contributed by atoms with van der Waals surface area (Å²) in [7, 11) is 3.41. The summed E-state index contributed by atoms with van der Waals surface area (Å²) in [6, 6.07) is 7.05. The first-order chi connectivity index (χ1) is 12.1. The number of rotatable bonds is 8. The van der Waals surface area contributed by atoms with Gasteiger partial charge in [0.1, 0.15) is 6.67 Å². The molecule has 0 fully saturated rings. The van der Waals surface area contributed by atoms with E-state index in [1.165, 1.54) is 5.57 Å². The monoisotopic (exact) mass is 363 g/mol. The van der Waals surface area contributed by atoms with Crippen LogP contribution in [0, 0.1) is 0 Å². The van der Waals surface area contributed by atoms with E-state index in [0.717, 1.165) is 29.8 Å². The highest BCUT2D eigenvalue weighted by molar-refractivity contribution is 7.89. The van der Waals surface area contributed by atoms with Crippen LogP contribution in [-0.2, 0) is 11.4 Å². The number of hydrogen-bond donors (Lipinski definition) is 3. The van der Waals surface area contributed by atoms with Crippen molar-refractivity contribution < 1.29 is 8.94 Å². The molecular weight excluding hydrogens is 337 g/mol. The quantitative estimate of drug-likeness (QED) is 0.619. The van der Waals surface area contributed by atoms with Gasteiger partial charge >= 0.3 is 0 Å². The van der Waals surface area contributed by atoms with Gasteiger partial charge in [0, 0.05) is 18.4 Å². The van der Waals surface area contributed by atoms with E-state index in [1.54, 1.807) is 14.1 Å². The van der Waals surface area contributed by atoms with Crippen LogP contribution in [0.3, 0.4) is 0 Å². The van der Waals surface area contributed by atoms with Crippen molar-refractivity contribution in [2.45, 2.75) is 30.7 Å². The van der Waals surface area contributed by atoms with Gasteiger partial charge in [0.2, 0.25) is 0 Å². The summed E-state index contributed by atoms with van der Waals surface area (Å²) < 4.78 is 27.6. The van der Waals surface area contributed by atoms with Gasteiger partial charge in [0.05, 0.1) is 17.4 Å². The highest BCUT2D eigenvalue weighted by atomic mass is 32.2. The molecule has 0 amide bonds. The maximum absolute atomic E-state index is 13.2. The Morgan fingerprint density at radius 3 is 2.48 bits per heavy atom. The normalized spacial score (nSPS) is 17.6. The Morgan fingerprint density at radius 1 is 1.24 bits per heavy atom. The molecule has 0 bridgehead atoms. The fourth-order valence-corrected chi connectivity index (χ4v) is 3.16. The third-order valence-corrected chi connectivity index (χ3v) is 5.21. The second-order valence-electron chi connectivity index (χ2n) is 5.96. The van der Waals surface area contributed by atoms with E-state index in [9.17, 15) is 8.94 Å². The second kappa shape index (κ2) is 9.77. The Hall–Kier alpha value is -1.60. The highest BCUT2D eigenvalue weighted by Crippen LogP contribution is 2.26. The van der Waals surface area contributed by atoms with Crippen LogP contribution in [0.5, 0.6) is 0 Å². The zero-order chi connectivity index (χ0) is 18.2. The molecule has 1 aliphatic rings. The van der Waals surface area contributed by atoms with Gasteiger partial charge in [-0.2, -0.15) is 0 Å². The van der Waals surface area contributed by atoms with Crippen LogP contribution >= 0.6 is 0 Å². The summed E-state index contributed by atoms with van der Waals surface area (Å²) in [6.45, 7) is 1.65. The van der Waals surface area contributed by atoms with Crippen LogP contribution in [0.4, 0.5) is 10.1 Å². The molecule has 3 N–H and O–H groups in total. The van der Waals surface area contributed by atoms with E-state index in [0.29, 0.717) is 4.90 Å². The molecule has 0 aromatic heterocycles. The largest absolute Gasteiger partial charge is 0.593 e. The fraction of sp³-hybridized carbons (Fsp3) is 0.368. The lowest BCUT2D eigenvalue weighted by Gasteiger charge is -2.20. The maximum atomic E-state index is 13.2. The van der Waals surface area contributed by atoms with Gasteiger partial charge in [-0.1, -0.05) is 17.7 Å². The molecule has 0 heterocycles. The van der Waals surface area contributed by atoms with Crippen LogP contribution < -0.4 is 15.4 Å². The van der Waals surface area contributed by atoms with Gasteiger partial charge in [-0.25, -0.2) is 4.39 Å². The Labute approximate surface area is 152 Å². The molecule has 1 aliphatic carbocycles. The summed E-state index contributed by atoms with van der Waals surface area (Å²) in [5.74, 6) is 0. The molecule has 4 nitrogen and oxygen atoms in total. The number of likely N-dealkylation sites (N-methyl/N-ethyl adjacent to an activating group) is 1. The molecule has 0 spiro atoms. The first-order valence-electron chi connectivity index (χ1n) is 8.35. The molecule has 2 unspecified atom stereocenters. The number of hydrogen-bond acceptors (Lipinski definition) is 4. The molecule has 1 aromatic rings. The fourth-order valence-electron chi connectivity index (χ4n) is 2.54. The topological polar surface area (TPSA) is 59.1 Å². The van der Waals surface area contributed by atoms with Gasteiger partial charge in [-0.05, 0) is 62.7 Å². The second-order valence-corrected chi connectivity index (χ2v) is 7.37. The van der Waals surface area contributed by atoms with Crippen LogP contribution in [-0.4, -0.2) is 31.4 Å². The lowest BCUT2D eigenvalue weighted by molar-refractivity contribution is 0.432. The molecule has 136 valence electrons. The van der Waals surface area contributed by atoms with Crippen molar-refractivity contribution in [1.29, 1.82) is 0 Å². The third kappa shape index (κ3) is 5.71. The van der Waals surface area contributed by atoms with Gasteiger partial charge < -0.3 is 15.2 Å². The summed E-state index contributed by atoms with van der Waals surface area (Å²) in [5.41, 5.74) is 4.28. The van der Waals surface area contributed by atoms with Crippen molar-refractivity contribution in [3.8, 4) is 0 Å². The number of allylic oxidation sites excluding steroid dienone is 4. The standard InChI is InChI=1S/C19H26FN3OS/c1-14-4-6-15(7-5-14)19(12-17(13-20)21-2)23-16-8-10-18(11-9-16)25(24)22-3/h4,6,8-12,17,21-23H,5,7,13H2,1-3H3/b19-12-. The molecule has 0 radical (unpaired) electrons. The van der Waals surface area contributed by atoms with Crippen LogP contribution in [0.2, 0.25) is 0 Å². The molecule has 6 heteroatoms. The van der Waals surface area contributed by atoms with Gasteiger partial charge in [0.25, 0.3) is 0 Å². The Kier molecular flexibility index (Phi) is 7.71. The van der Waals surface area contributed by atoms with E-state index < -0.39 is 18.0 Å². The predicted molar refractivity (Wildman–Crippen MR) is 104 cm³/mol. The molecule has 2 rings (SSSR count). The third-order valence-electron chi connectivity index (χ3n) is 4.14. The van der Waals surface area contributed by atoms with Crippen molar-refractivity contribution in [1.82, 2.24) is 10.0 Å². The summed E-state index contributed by atoms with van der Waals surface area (Å²) in [4.78, 5) is 0.714. The zero-order valence-corrected chi connectivity index (χ0v) is 15.8. The van der Waals surface area contributed by atoms with Crippen LogP contribution in [0.1, 0.15) is 19.8 Å². The minimum absolute atomic E-state index is 0.341. The Morgan fingerprint density at radius 2 is 1.96 bits per heavy atom. The minimum atomic E-state index is -1.20. The minimum Gasteiger partial charge on any atom is -0.593 e. The first kappa shape index (κ1) is 19.7. The average molecular weight is 364 g/mol. The van der Waals surface area contributed by atoms with Crippen LogP contribution in [0.25, 0.3) is 0 Å². The van der Waals surface area contributed by atoms with Crippen LogP contribution in [0.15, 0.2) is 64.2 Å². The van der Waals surface area contributed by atoms with Crippen molar-refractivity contribution in [2.75, 3.05) is 26.1 Å². The van der Waals surface area contributed by atoms with Crippen molar-refractivity contribution in [3.63, 3.8) is 0 Å². The zero-order valence-electron chi connectivity index (χ0n) is 14.9. The van der Waals surface area contributed by atoms with E-state index in [2.05, 4.69) is 34.4 Å². The van der Waals surface area contributed by atoms with E-state index in [-0.39, 0.29) is 6.04 Å². The summed E-state index contributed by atoms with van der Waals surface area (Å²) in [6.07, 6.45) is 8.01. The van der Waals surface area contributed by atoms with E-state index in [4.69, 9.17) is 0 Å². The van der Waals surface area contributed by atoms with Gasteiger partial charge in [-0.15, -0.1) is 4.72 Å². The van der Waals surface area contributed by atoms with Crippen molar-refractivity contribution in [2.24, 2.45) is 0 Å². The lowest BCUT2D eigenvalue weighted by atomic mass is 9.96. The number of anilines is 1. The number of alkyl halides is 1. The number of benzene rings is 1. The maximum Gasteiger partial charge on any atom is 0.174 e. The Balaban J connectivity index is 2.24. The van der Waals surface area contributed by atoms with Gasteiger partial charge in [-0.3, -0.25) is 0 Å². The highest BCUT2D eigenvalue weighted by Gasteiger charge is 2.13. The molecule has 25 heavy (non-hydrogen) atoms.